The minimum Gasteiger partial charge on any atom is -0.378 e. The van der Waals surface area contributed by atoms with Gasteiger partial charge in [0.05, 0.1) is 25.0 Å². The Hall–Kier alpha value is -5.45. The Kier molecular flexibility index (Phi) is 5.98. The first-order valence-electron chi connectivity index (χ1n) is 11.9. The van der Waals surface area contributed by atoms with Crippen LogP contribution in [-0.4, -0.2) is 24.9 Å². The molecule has 3 N–H and O–H groups in total. The van der Waals surface area contributed by atoms with Gasteiger partial charge in [-0.1, -0.05) is 48.5 Å². The number of anilines is 2. The minimum atomic E-state index is -0.243. The second kappa shape index (κ2) is 9.90. The van der Waals surface area contributed by atoms with Crippen LogP contribution in [0.25, 0.3) is 28.0 Å². The number of benzene rings is 3. The van der Waals surface area contributed by atoms with E-state index in [4.69, 9.17) is 4.63 Å². The van der Waals surface area contributed by atoms with Gasteiger partial charge < -0.3 is 20.8 Å². The molecule has 0 saturated carbocycles. The summed E-state index contributed by atoms with van der Waals surface area (Å²) >= 11 is 0. The normalized spacial score (nSPS) is 11.1. The lowest BCUT2D eigenvalue weighted by Crippen LogP contribution is -2.29. The van der Waals surface area contributed by atoms with Crippen LogP contribution in [-0.2, 0) is 13.1 Å². The van der Waals surface area contributed by atoms with Crippen LogP contribution in [0.3, 0.4) is 0 Å². The van der Waals surface area contributed by atoms with E-state index in [1.165, 1.54) is 6.20 Å². The van der Waals surface area contributed by atoms with Crippen molar-refractivity contribution < 1.29 is 9.53 Å². The summed E-state index contributed by atoms with van der Waals surface area (Å²) in [5, 5.41) is 27.3. The van der Waals surface area contributed by atoms with Crippen LogP contribution in [0.15, 0.2) is 101 Å². The molecule has 3 heterocycles. The predicted molar refractivity (Wildman–Crippen MR) is 141 cm³/mol. The van der Waals surface area contributed by atoms with Gasteiger partial charge in [0.25, 0.3) is 11.3 Å². The maximum absolute atomic E-state index is 12.6. The number of fused-ring (bicyclic) bond motifs is 1. The number of hydrogen-bond acceptors (Lipinski definition) is 8. The average Bonchev–Trinajstić information content (AvgIpc) is 3.56. The topological polar surface area (TPSA) is 141 Å². The molecule has 0 radical (unpaired) electrons. The zero-order valence-corrected chi connectivity index (χ0v) is 20.0. The number of aromatic amines is 1. The molecular formula is C27H22N8O3. The molecule has 0 fully saturated rings. The lowest BCUT2D eigenvalue weighted by Gasteiger charge is -2.09. The van der Waals surface area contributed by atoms with Crippen LogP contribution in [0.5, 0.6) is 0 Å². The van der Waals surface area contributed by atoms with E-state index in [1.54, 1.807) is 4.68 Å². The summed E-state index contributed by atoms with van der Waals surface area (Å²) in [4.78, 5) is 20.4. The third-order valence-electron chi connectivity index (χ3n) is 6.04. The third kappa shape index (κ3) is 4.55. The van der Waals surface area contributed by atoms with Crippen molar-refractivity contribution in [1.82, 2.24) is 24.9 Å². The molecule has 3 aromatic carbocycles. The van der Waals surface area contributed by atoms with E-state index in [0.717, 1.165) is 22.6 Å². The lowest BCUT2D eigenvalue weighted by atomic mass is 10.1. The summed E-state index contributed by atoms with van der Waals surface area (Å²) in [7, 11) is 0. The quantitative estimate of drug-likeness (QED) is 0.266. The summed E-state index contributed by atoms with van der Waals surface area (Å²) in [6.07, 6.45) is 1.52. The summed E-state index contributed by atoms with van der Waals surface area (Å²) in [6.45, 7) is 0.555. The summed E-state index contributed by atoms with van der Waals surface area (Å²) in [6, 6.07) is 26.5. The molecule has 3 aromatic heterocycles. The highest BCUT2D eigenvalue weighted by molar-refractivity contribution is 5.75. The number of aromatic nitrogens is 6. The van der Waals surface area contributed by atoms with Crippen LogP contribution in [0.4, 0.5) is 11.4 Å². The van der Waals surface area contributed by atoms with Gasteiger partial charge >= 0.3 is 0 Å². The van der Waals surface area contributed by atoms with E-state index in [9.17, 15) is 10.0 Å². The van der Waals surface area contributed by atoms with Crippen LogP contribution in [0.2, 0.25) is 0 Å². The fourth-order valence-corrected chi connectivity index (χ4v) is 4.11. The fourth-order valence-electron chi connectivity index (χ4n) is 4.11. The first-order valence-corrected chi connectivity index (χ1v) is 11.9. The molecule has 38 heavy (non-hydrogen) atoms. The van der Waals surface area contributed by atoms with Crippen LogP contribution < -0.4 is 21.1 Å². The van der Waals surface area contributed by atoms with E-state index in [1.807, 2.05) is 84.9 Å². The van der Waals surface area contributed by atoms with Gasteiger partial charge in [-0.15, -0.1) is 0 Å². The average molecular weight is 507 g/mol. The number of nitrogens with one attached hydrogen (secondary N) is 3. The molecule has 0 unspecified atom stereocenters. The molecule has 6 aromatic rings. The molecule has 0 bridgehead atoms. The second-order valence-corrected chi connectivity index (χ2v) is 8.52. The van der Waals surface area contributed by atoms with Crippen molar-refractivity contribution in [2.45, 2.75) is 13.1 Å². The monoisotopic (exact) mass is 506 g/mol. The van der Waals surface area contributed by atoms with E-state index >= 15 is 0 Å². The van der Waals surface area contributed by atoms with E-state index < -0.39 is 0 Å². The Labute approximate surface area is 215 Å². The second-order valence-electron chi connectivity index (χ2n) is 8.52. The number of nitrogens with zero attached hydrogens (tertiary/aromatic N) is 5. The molecular weight excluding hydrogens is 484 g/mol. The van der Waals surface area contributed by atoms with Gasteiger partial charge in [-0.2, -0.15) is 5.10 Å². The molecule has 11 heteroatoms. The van der Waals surface area contributed by atoms with Gasteiger partial charge in [-0.05, 0) is 41.3 Å². The Balaban J connectivity index is 1.13. The van der Waals surface area contributed by atoms with Gasteiger partial charge in [-0.3, -0.25) is 9.42 Å². The van der Waals surface area contributed by atoms with Gasteiger partial charge in [0.15, 0.2) is 5.65 Å². The number of H-pyrrole nitrogens is 1. The molecule has 0 aliphatic rings. The van der Waals surface area contributed by atoms with Crippen LogP contribution in [0, 0.1) is 5.21 Å². The van der Waals surface area contributed by atoms with Crippen molar-refractivity contribution in [3.8, 4) is 16.9 Å². The van der Waals surface area contributed by atoms with Gasteiger partial charge in [0, 0.05) is 22.1 Å². The van der Waals surface area contributed by atoms with Crippen molar-refractivity contribution in [2.75, 3.05) is 10.6 Å². The largest absolute Gasteiger partial charge is 0.378 e. The lowest BCUT2D eigenvalue weighted by molar-refractivity contribution is -0.807. The highest BCUT2D eigenvalue weighted by Crippen LogP contribution is 2.21. The van der Waals surface area contributed by atoms with Gasteiger partial charge in [0.1, 0.15) is 11.2 Å². The smallest absolute Gasteiger partial charge is 0.262 e. The summed E-state index contributed by atoms with van der Waals surface area (Å²) in [5.41, 5.74) is 4.42. The van der Waals surface area contributed by atoms with Crippen LogP contribution in [0.1, 0.15) is 11.5 Å². The highest BCUT2D eigenvalue weighted by atomic mass is 16.8. The molecule has 11 nitrogen and oxygen atoms in total. The molecule has 0 spiro atoms. The Bertz CT molecular complexity index is 1740. The number of para-hydroxylation sites is 1. The summed E-state index contributed by atoms with van der Waals surface area (Å²) < 4.78 is 6.47. The zero-order valence-electron chi connectivity index (χ0n) is 20.0. The van der Waals surface area contributed by atoms with Crippen molar-refractivity contribution in [1.29, 1.82) is 0 Å². The van der Waals surface area contributed by atoms with Gasteiger partial charge in [-0.25, -0.2) is 9.67 Å². The van der Waals surface area contributed by atoms with Crippen LogP contribution >= 0.6 is 0 Å². The maximum atomic E-state index is 12.6. The zero-order chi connectivity index (χ0) is 25.9. The minimum absolute atomic E-state index is 0.240. The molecule has 0 saturated heterocycles. The van der Waals surface area contributed by atoms with Crippen molar-refractivity contribution >= 4 is 22.4 Å². The van der Waals surface area contributed by atoms with Gasteiger partial charge in [0.2, 0.25) is 5.69 Å². The Morgan fingerprint density at radius 1 is 0.895 bits per heavy atom. The van der Waals surface area contributed by atoms with E-state index in [2.05, 4.69) is 30.9 Å². The summed E-state index contributed by atoms with van der Waals surface area (Å²) in [5.74, 6) is 0.489. The first-order chi connectivity index (χ1) is 18.7. The Morgan fingerprint density at radius 3 is 2.26 bits per heavy atom. The molecule has 0 atom stereocenters. The Morgan fingerprint density at radius 2 is 1.55 bits per heavy atom. The standard InChI is InChI=1S/C27H22N8O3/c36-27-22-15-30-34(21-9-5-2-6-10-21)26(22)31-24(32-27)17-29-20-13-11-19(12-14-20)28-16-23-25(33-38-35(23)37)18-7-3-1-4-8-18/h1-15,28-29H,16-17H2,(H,31,32,36). The van der Waals surface area contributed by atoms with Crippen molar-refractivity contribution in [3.05, 3.63) is 118 Å². The number of hydrogen-bond donors (Lipinski definition) is 3. The molecule has 0 aliphatic heterocycles. The SMILES string of the molecule is O=c1[nH]c(CNc2ccc(NCc3c(-c4ccccc4)no[n+]3[O-])cc2)nc2c1cnn2-c1ccccc1. The molecule has 6 rings (SSSR count). The van der Waals surface area contributed by atoms with Crippen molar-refractivity contribution in [2.24, 2.45) is 0 Å². The molecule has 188 valence electrons. The third-order valence-corrected chi connectivity index (χ3v) is 6.04. The molecule has 0 aliphatic carbocycles. The van der Waals surface area contributed by atoms with E-state index in [0.29, 0.717) is 39.7 Å². The predicted octanol–water partition coefficient (Wildman–Crippen LogP) is 3.62. The fraction of sp³-hybridized carbons (Fsp3) is 0.0741. The number of rotatable bonds is 8. The maximum Gasteiger partial charge on any atom is 0.262 e. The molecule has 0 amide bonds. The van der Waals surface area contributed by atoms with E-state index in [-0.39, 0.29) is 12.1 Å². The first kappa shape index (κ1) is 23.0. The van der Waals surface area contributed by atoms with Crippen molar-refractivity contribution in [3.63, 3.8) is 0 Å². The highest BCUT2D eigenvalue weighted by Gasteiger charge is 2.20.